The van der Waals surface area contributed by atoms with E-state index in [9.17, 15) is 0 Å². The Morgan fingerprint density at radius 2 is 0.613 bits per heavy atom. The van der Waals surface area contributed by atoms with Gasteiger partial charge in [-0.3, -0.25) is 0 Å². The van der Waals surface area contributed by atoms with E-state index < -0.39 is 8.32 Å². The molecule has 1 nitrogen and oxygen atoms in total. The number of rotatable bonds is 26. The molecule has 2 heteroatoms. The molecule has 0 atom stereocenters. The second-order valence-electron chi connectivity index (χ2n) is 10.2. The molecule has 0 bridgehead atoms. The van der Waals surface area contributed by atoms with E-state index >= 15 is 0 Å². The highest BCUT2D eigenvalue weighted by Gasteiger charge is 2.32. The van der Waals surface area contributed by atoms with E-state index in [0.717, 1.165) is 6.61 Å². The molecule has 0 aliphatic rings. The quantitative estimate of drug-likeness (QED) is 0.0932. The minimum absolute atomic E-state index is 0.954. The van der Waals surface area contributed by atoms with Gasteiger partial charge in [0, 0.05) is 6.61 Å². The Hall–Kier alpha value is 0.177. The topological polar surface area (TPSA) is 9.23 Å². The molecule has 0 spiro atoms. The minimum atomic E-state index is -1.52. The van der Waals surface area contributed by atoms with Crippen LogP contribution in [-0.4, -0.2) is 14.9 Å². The highest BCUT2D eigenvalue weighted by molar-refractivity contribution is 6.73. The van der Waals surface area contributed by atoms with Crippen molar-refractivity contribution in [3.05, 3.63) is 0 Å². The Bertz CT molecular complexity index is 285. The third kappa shape index (κ3) is 20.5. The Labute approximate surface area is 200 Å². The molecule has 188 valence electrons. The summed E-state index contributed by atoms with van der Waals surface area (Å²) in [6.07, 6.45) is 30.0. The van der Waals surface area contributed by atoms with Crippen molar-refractivity contribution in [2.24, 2.45) is 0 Å². The maximum atomic E-state index is 6.70. The molecule has 0 aromatic heterocycles. The maximum absolute atomic E-state index is 6.70. The van der Waals surface area contributed by atoms with Crippen LogP contribution in [0.5, 0.6) is 0 Å². The Morgan fingerprint density at radius 1 is 0.355 bits per heavy atom. The lowest BCUT2D eigenvalue weighted by molar-refractivity contribution is 0.313. The highest BCUT2D eigenvalue weighted by Crippen LogP contribution is 2.31. The molecule has 0 aliphatic heterocycles. The van der Waals surface area contributed by atoms with Gasteiger partial charge in [-0.15, -0.1) is 0 Å². The monoisotopic (exact) mass is 454 g/mol. The van der Waals surface area contributed by atoms with Gasteiger partial charge in [-0.25, -0.2) is 0 Å². The van der Waals surface area contributed by atoms with Gasteiger partial charge in [0.2, 0.25) is 0 Å². The summed E-state index contributed by atoms with van der Waals surface area (Å²) in [5, 5.41) is 0. The molecule has 0 heterocycles. The van der Waals surface area contributed by atoms with Crippen LogP contribution in [0.15, 0.2) is 0 Å². The minimum Gasteiger partial charge on any atom is -0.417 e. The van der Waals surface area contributed by atoms with Gasteiger partial charge in [0.1, 0.15) is 0 Å². The molecule has 0 saturated heterocycles. The fraction of sp³-hybridized carbons (Fsp3) is 1.00. The lowest BCUT2D eigenvalue weighted by Gasteiger charge is -2.32. The summed E-state index contributed by atoms with van der Waals surface area (Å²) >= 11 is 0. The molecule has 0 amide bonds. The van der Waals surface area contributed by atoms with Crippen molar-refractivity contribution in [3.8, 4) is 0 Å². The van der Waals surface area contributed by atoms with Crippen molar-refractivity contribution >= 4 is 8.32 Å². The van der Waals surface area contributed by atoms with E-state index in [1.165, 1.54) is 153 Å². The van der Waals surface area contributed by atoms with Crippen LogP contribution in [-0.2, 0) is 4.43 Å². The molecule has 0 aromatic carbocycles. The zero-order valence-electron chi connectivity index (χ0n) is 22.6. The first-order valence-electron chi connectivity index (χ1n) is 14.9. The molecular formula is C29H62OSi. The van der Waals surface area contributed by atoms with Gasteiger partial charge < -0.3 is 4.43 Å². The summed E-state index contributed by atoms with van der Waals surface area (Å²) in [4.78, 5) is 0. The van der Waals surface area contributed by atoms with Gasteiger partial charge >= 0.3 is 0 Å². The molecule has 31 heavy (non-hydrogen) atoms. The number of unbranched alkanes of at least 4 members (excludes halogenated alkanes) is 18. The van der Waals surface area contributed by atoms with Crippen molar-refractivity contribution in [2.75, 3.05) is 6.61 Å². The summed E-state index contributed by atoms with van der Waals surface area (Å²) in [5.74, 6) is 0. The Morgan fingerprint density at radius 3 is 0.871 bits per heavy atom. The zero-order chi connectivity index (χ0) is 22.9. The smallest absolute Gasteiger partial charge is 0.192 e. The molecule has 0 aromatic rings. The van der Waals surface area contributed by atoms with Crippen LogP contribution in [0.2, 0.25) is 18.1 Å². The highest BCUT2D eigenvalue weighted by atomic mass is 28.4. The molecule has 0 aliphatic carbocycles. The number of hydrogen-bond donors (Lipinski definition) is 0. The summed E-state index contributed by atoms with van der Waals surface area (Å²) in [7, 11) is -1.52. The fourth-order valence-electron chi connectivity index (χ4n) is 5.11. The summed E-state index contributed by atoms with van der Waals surface area (Å²) in [6.45, 7) is 10.2. The first-order valence-corrected chi connectivity index (χ1v) is 17.4. The zero-order valence-corrected chi connectivity index (χ0v) is 23.6. The molecule has 0 saturated carbocycles. The fourth-order valence-corrected chi connectivity index (χ4v) is 9.59. The maximum Gasteiger partial charge on any atom is 0.192 e. The van der Waals surface area contributed by atoms with E-state index in [1.807, 2.05) is 0 Å². The molecular weight excluding hydrogens is 392 g/mol. The first-order chi connectivity index (χ1) is 15.2. The van der Waals surface area contributed by atoms with E-state index in [-0.39, 0.29) is 0 Å². The van der Waals surface area contributed by atoms with Crippen molar-refractivity contribution in [3.63, 3.8) is 0 Å². The first kappa shape index (κ1) is 31.2. The predicted octanol–water partition coefficient (Wildman–Crippen LogP) is 11.2. The lowest BCUT2D eigenvalue weighted by atomic mass is 10.1. The van der Waals surface area contributed by atoms with E-state index in [4.69, 9.17) is 4.43 Å². The lowest BCUT2D eigenvalue weighted by Crippen LogP contribution is -2.38. The average Bonchev–Trinajstić information content (AvgIpc) is 2.77. The predicted molar refractivity (Wildman–Crippen MR) is 146 cm³/mol. The van der Waals surface area contributed by atoms with Crippen LogP contribution in [0.1, 0.15) is 163 Å². The number of hydrogen-bond acceptors (Lipinski definition) is 1. The summed E-state index contributed by atoms with van der Waals surface area (Å²) in [5.41, 5.74) is 0. The molecule has 0 fully saturated rings. The van der Waals surface area contributed by atoms with Gasteiger partial charge in [0.05, 0.1) is 0 Å². The van der Waals surface area contributed by atoms with Gasteiger partial charge in [-0.1, -0.05) is 156 Å². The van der Waals surface area contributed by atoms with Gasteiger partial charge in [-0.2, -0.15) is 0 Å². The Kier molecular flexibility index (Phi) is 25.0. The molecule has 0 radical (unpaired) electrons. The van der Waals surface area contributed by atoms with Crippen LogP contribution in [0, 0.1) is 0 Å². The third-order valence-corrected chi connectivity index (χ3v) is 11.9. The summed E-state index contributed by atoms with van der Waals surface area (Å²) in [6, 6.07) is 4.33. The van der Waals surface area contributed by atoms with Crippen molar-refractivity contribution in [2.45, 2.75) is 181 Å². The largest absolute Gasteiger partial charge is 0.417 e. The van der Waals surface area contributed by atoms with E-state index in [1.54, 1.807) is 0 Å². The van der Waals surface area contributed by atoms with Crippen LogP contribution < -0.4 is 0 Å². The second-order valence-corrected chi connectivity index (χ2v) is 14.4. The van der Waals surface area contributed by atoms with Crippen LogP contribution in [0.25, 0.3) is 0 Å². The third-order valence-electron chi connectivity index (χ3n) is 7.16. The van der Waals surface area contributed by atoms with Crippen LogP contribution in [0.4, 0.5) is 0 Å². The van der Waals surface area contributed by atoms with Crippen molar-refractivity contribution in [1.82, 2.24) is 0 Å². The van der Waals surface area contributed by atoms with Gasteiger partial charge in [0.15, 0.2) is 8.32 Å². The van der Waals surface area contributed by atoms with Crippen LogP contribution in [0.3, 0.4) is 0 Å². The normalized spacial score (nSPS) is 12.0. The SMILES string of the molecule is CCCCCCCCC[Si](CCCCCCCCC)(CCCCCCCCC)OCC. The molecule has 0 rings (SSSR count). The van der Waals surface area contributed by atoms with E-state index in [2.05, 4.69) is 27.7 Å². The van der Waals surface area contributed by atoms with Gasteiger partial charge in [-0.05, 0) is 25.1 Å². The van der Waals surface area contributed by atoms with Crippen molar-refractivity contribution < 1.29 is 4.43 Å². The van der Waals surface area contributed by atoms with Crippen LogP contribution >= 0.6 is 0 Å². The molecule has 0 unspecified atom stereocenters. The van der Waals surface area contributed by atoms with E-state index in [0.29, 0.717) is 0 Å². The average molecular weight is 455 g/mol. The standard InChI is InChI=1S/C29H62OSi/c1-5-9-12-15-18-21-24-27-31(30-8-4,28-25-22-19-16-13-10-6-2)29-26-23-20-17-14-11-7-3/h5-29H2,1-4H3. The van der Waals surface area contributed by atoms with Crippen molar-refractivity contribution in [1.29, 1.82) is 0 Å². The molecule has 0 N–H and O–H groups in total. The second kappa shape index (κ2) is 24.8. The summed E-state index contributed by atoms with van der Waals surface area (Å²) < 4.78 is 6.70. The Balaban J connectivity index is 4.39. The van der Waals surface area contributed by atoms with Gasteiger partial charge in [0.25, 0.3) is 0 Å².